The Morgan fingerprint density at radius 3 is 1.07 bits per heavy atom. The number of nitrogens with zero attached hydrogens (tertiary/aromatic N) is 15. The molecule has 10 heterocycles. The van der Waals surface area contributed by atoms with Gasteiger partial charge in [-0.15, -0.1) is 12.4 Å². The number of aryl methyl sites for hydroxylation is 12. The van der Waals surface area contributed by atoms with Crippen LogP contribution >= 0.6 is 28.3 Å². The first-order valence-corrected chi connectivity index (χ1v) is 37.6. The van der Waals surface area contributed by atoms with Gasteiger partial charge in [0.1, 0.15) is 56.6 Å². The van der Waals surface area contributed by atoms with E-state index in [1.165, 1.54) is 19.3 Å². The van der Waals surface area contributed by atoms with E-state index in [0.717, 1.165) is 197 Å². The third-order valence-corrected chi connectivity index (χ3v) is 20.9. The molecular formula is C83H90BrClN16O12. The van der Waals surface area contributed by atoms with Crippen LogP contribution < -0.4 is 5.48 Å². The molecule has 0 saturated heterocycles. The standard InChI is InChI=1S/C22H20N4O2.C19H22N4O3.C18H19N3O3.C17H17N3O3.C5H4BrN.C2H7NO.ClH/c1-12-19(13(2)28-25-12)15-10-16(21(27)17-6-4-5-9-23-17)20-18(11-15)24-22(26(20)3)14-7-8-14;1-10-16(11(2)26-21-10)13-8-14(19(24)23(4)25-5)17-15(9-13)20-18(22(17)3)12-6-7-12;1-9-15(10(2)24-20-9)12-7-13(18(22)23-4)16-14(8-12)19-17(21(16)3)11-5-6-11;1-8-14(9(2)23-19-8)11-6-12(17(21)22)15-13(7-11)18-16(20(15)3)10-4-5-10;6-5-3-1-2-4-7-5;1-3-4-2;/h4-6,9-11,14H,7-8H2,1-3H3;8-9,12H,6-7H2,1-5H3;7-8,11H,5-6H2,1-4H3;6-7,10H,4-5H2,1-3H3,(H,21,22);1-4H;3H,1-2H3;1H. The van der Waals surface area contributed by atoms with Gasteiger partial charge in [0, 0.05) is 101 Å². The Morgan fingerprint density at radius 1 is 0.478 bits per heavy atom. The fourth-order valence-electron chi connectivity index (χ4n) is 14.5. The van der Waals surface area contributed by atoms with Crippen molar-refractivity contribution in [3.63, 3.8) is 0 Å². The largest absolute Gasteiger partial charge is 0.478 e. The van der Waals surface area contributed by atoms with Gasteiger partial charge in [0.05, 0.1) is 110 Å². The van der Waals surface area contributed by atoms with E-state index in [-0.39, 0.29) is 35.6 Å². The number of carboxylic acid groups (broad SMARTS) is 1. The fraction of sp³-hybridized carbons (Fsp3) is 0.349. The van der Waals surface area contributed by atoms with E-state index >= 15 is 0 Å². The summed E-state index contributed by atoms with van der Waals surface area (Å²) in [6.45, 7) is 15.0. The lowest BCUT2D eigenvalue weighted by molar-refractivity contribution is -0.0755. The average molecular weight is 1620 g/mol. The van der Waals surface area contributed by atoms with E-state index in [1.54, 1.807) is 45.7 Å². The number of halogens is 2. The Balaban J connectivity index is 0.000000133. The normalized spacial score (nSPS) is 13.5. The smallest absolute Gasteiger partial charge is 0.340 e. The minimum Gasteiger partial charge on any atom is -0.478 e. The molecule has 0 unspecified atom stereocenters. The van der Waals surface area contributed by atoms with E-state index in [2.05, 4.69) is 61.4 Å². The van der Waals surface area contributed by atoms with Crippen LogP contribution in [0.25, 0.3) is 88.6 Å². The van der Waals surface area contributed by atoms with Crippen LogP contribution in [-0.4, -0.2) is 138 Å². The first kappa shape index (κ1) is 81.1. The first-order chi connectivity index (χ1) is 53.7. The highest BCUT2D eigenvalue weighted by atomic mass is 79.9. The van der Waals surface area contributed by atoms with Gasteiger partial charge in [-0.05, 0) is 218 Å². The number of ether oxygens (including phenoxy) is 1. The number of hydroxylamine groups is 3. The Bertz CT molecular complexity index is 5810. The second-order valence-electron chi connectivity index (χ2n) is 28.5. The van der Waals surface area contributed by atoms with Gasteiger partial charge in [-0.1, -0.05) is 32.8 Å². The van der Waals surface area contributed by atoms with Crippen LogP contribution in [0.2, 0.25) is 0 Å². The zero-order chi connectivity index (χ0) is 79.8. The van der Waals surface area contributed by atoms with Crippen molar-refractivity contribution in [3.05, 3.63) is 199 Å². The van der Waals surface area contributed by atoms with Gasteiger partial charge in [-0.3, -0.25) is 19.4 Å². The molecule has 4 fully saturated rings. The van der Waals surface area contributed by atoms with Crippen LogP contribution in [-0.2, 0) is 42.6 Å². The molecule has 4 saturated carbocycles. The first-order valence-electron chi connectivity index (χ1n) is 36.9. The van der Waals surface area contributed by atoms with Crippen LogP contribution in [0.1, 0.15) is 191 Å². The number of methoxy groups -OCH3 is 1. The van der Waals surface area contributed by atoms with Gasteiger partial charge in [0.25, 0.3) is 5.91 Å². The summed E-state index contributed by atoms with van der Waals surface area (Å²) in [6, 6.07) is 26.4. The number of hydrogen-bond acceptors (Lipinski definition) is 22. The topological polar surface area (TPSA) is 333 Å². The number of ketones is 1. The lowest BCUT2D eigenvalue weighted by atomic mass is 9.97. The second-order valence-corrected chi connectivity index (χ2v) is 29.3. The number of pyridine rings is 2. The van der Waals surface area contributed by atoms with Gasteiger partial charge >= 0.3 is 11.9 Å². The molecule has 0 spiro atoms. The van der Waals surface area contributed by atoms with Crippen molar-refractivity contribution in [2.45, 2.75) is 130 Å². The third kappa shape index (κ3) is 16.8. The van der Waals surface area contributed by atoms with Crippen molar-refractivity contribution < 1.29 is 56.8 Å². The molecule has 0 aliphatic heterocycles. The number of nitrogens with one attached hydrogen (secondary N) is 1. The highest BCUT2D eigenvalue weighted by Crippen LogP contribution is 2.46. The van der Waals surface area contributed by atoms with Crippen molar-refractivity contribution >= 4 is 96.1 Å². The van der Waals surface area contributed by atoms with E-state index in [9.17, 15) is 24.3 Å². The van der Waals surface area contributed by atoms with Crippen LogP contribution in [0.3, 0.4) is 0 Å². The second kappa shape index (κ2) is 33.9. The van der Waals surface area contributed by atoms with Crippen molar-refractivity contribution in [2.24, 2.45) is 28.2 Å². The lowest BCUT2D eigenvalue weighted by Crippen LogP contribution is -2.26. The molecule has 30 heteroatoms. The van der Waals surface area contributed by atoms with Crippen molar-refractivity contribution in [1.29, 1.82) is 0 Å². The molecule has 4 aliphatic carbocycles. The molecule has 113 heavy (non-hydrogen) atoms. The van der Waals surface area contributed by atoms with Gasteiger partial charge in [0.2, 0.25) is 5.78 Å². The maximum atomic E-state index is 13.4. The molecule has 0 radical (unpaired) electrons. The quantitative estimate of drug-likeness (QED) is 0.0417. The maximum Gasteiger partial charge on any atom is 0.340 e. The van der Waals surface area contributed by atoms with E-state index in [1.807, 2.05) is 170 Å². The fourth-order valence-corrected chi connectivity index (χ4v) is 14.7. The average Bonchev–Trinajstić information content (AvgIpc) is 1.61. The summed E-state index contributed by atoms with van der Waals surface area (Å²) in [4.78, 5) is 87.2. The molecule has 28 nitrogen and oxygen atoms in total. The van der Waals surface area contributed by atoms with Gasteiger partial charge in [-0.25, -0.2) is 45.1 Å². The zero-order valence-electron chi connectivity index (χ0n) is 66.1. The Labute approximate surface area is 666 Å². The number of amides is 1. The molecule has 4 aliphatic rings. The van der Waals surface area contributed by atoms with Crippen LogP contribution in [0.4, 0.5) is 0 Å². The summed E-state index contributed by atoms with van der Waals surface area (Å²) < 4.78 is 35.1. The Morgan fingerprint density at radius 2 is 0.796 bits per heavy atom. The lowest BCUT2D eigenvalue weighted by Gasteiger charge is -2.16. The van der Waals surface area contributed by atoms with Gasteiger partial charge in [0.15, 0.2) is 0 Å². The molecule has 4 aromatic carbocycles. The van der Waals surface area contributed by atoms with Crippen molar-refractivity contribution in [1.82, 2.24) is 79.3 Å². The molecule has 588 valence electrons. The molecule has 2 N–H and O–H groups in total. The molecular weight excluding hydrogens is 1530 g/mol. The van der Waals surface area contributed by atoms with E-state index < -0.39 is 5.97 Å². The van der Waals surface area contributed by atoms with Gasteiger partial charge < -0.3 is 51.0 Å². The number of imidazole rings is 4. The summed E-state index contributed by atoms with van der Waals surface area (Å²) in [5, 5.41) is 27.0. The van der Waals surface area contributed by atoms with E-state index in [4.69, 9.17) is 47.6 Å². The highest BCUT2D eigenvalue weighted by Gasteiger charge is 2.35. The molecule has 0 bridgehead atoms. The summed E-state index contributed by atoms with van der Waals surface area (Å²) in [5.41, 5.74) is 21.2. The van der Waals surface area contributed by atoms with Gasteiger partial charge in [-0.2, -0.15) is 0 Å². The monoisotopic (exact) mass is 1620 g/mol. The van der Waals surface area contributed by atoms with Crippen LogP contribution in [0, 0.1) is 55.4 Å². The molecule has 10 aromatic heterocycles. The summed E-state index contributed by atoms with van der Waals surface area (Å²) in [5.74, 6) is 7.22. The number of aromatic carboxylic acids is 1. The summed E-state index contributed by atoms with van der Waals surface area (Å²) >= 11 is 3.20. The maximum absolute atomic E-state index is 13.4. The number of carbonyl (C=O) groups is 4. The zero-order valence-corrected chi connectivity index (χ0v) is 68.5. The SMILES string of the molecule is Brc1ccccn1.CNOC.COC(=O)c1cc(-c2c(C)noc2C)cc2nc(C3CC3)n(C)c12.CON(C)C(=O)c1cc(-c2c(C)noc2C)cc2nc(C3CC3)n(C)c12.Cc1noc(C)c1-c1cc(C(=O)O)c2c(c1)nc(C1CC1)n2C.Cc1noc(C)c1-c1cc(C(=O)c2ccccn2)c2c(c1)nc(C1CC1)n2C.Cl. The molecule has 18 rings (SSSR count). The minimum absolute atomic E-state index is 0. The summed E-state index contributed by atoms with van der Waals surface area (Å²) in [6.07, 6.45) is 12.5. The Hall–Kier alpha value is -11.4. The van der Waals surface area contributed by atoms with Crippen LogP contribution in [0.5, 0.6) is 0 Å². The Kier molecular flexibility index (Phi) is 24.3. The van der Waals surface area contributed by atoms with Crippen LogP contribution in [0.15, 0.2) is 120 Å². The number of rotatable bonds is 15. The number of carboxylic acids is 1. The van der Waals surface area contributed by atoms with Crippen molar-refractivity contribution in [2.75, 3.05) is 35.4 Å². The minimum atomic E-state index is -0.950. The molecule has 14 aromatic rings. The third-order valence-electron chi connectivity index (χ3n) is 20.5. The van der Waals surface area contributed by atoms with E-state index in [0.29, 0.717) is 62.8 Å². The predicted molar refractivity (Wildman–Crippen MR) is 431 cm³/mol. The number of hydrogen-bond donors (Lipinski definition) is 2. The number of aromatic nitrogens is 14. The highest BCUT2D eigenvalue weighted by molar-refractivity contribution is 9.10. The summed E-state index contributed by atoms with van der Waals surface area (Å²) in [7, 11) is 15.6. The number of esters is 1. The van der Waals surface area contributed by atoms with Crippen molar-refractivity contribution in [3.8, 4) is 44.5 Å². The molecule has 0 atom stereocenters. The number of benzene rings is 4. The number of carbonyl (C=O) groups excluding carboxylic acids is 3. The number of fused-ring (bicyclic) bond motifs is 4. The molecule has 1 amide bonds. The predicted octanol–water partition coefficient (Wildman–Crippen LogP) is 16.7.